The van der Waals surface area contributed by atoms with Crippen molar-refractivity contribution >= 4 is 33.9 Å². The number of ether oxygens (including phenoxy) is 1. The fraction of sp³-hybridized carbons (Fsp3) is 0.200. The second-order valence-electron chi connectivity index (χ2n) is 5.81. The molecule has 0 aliphatic heterocycles. The Bertz CT molecular complexity index is 905. The maximum absolute atomic E-state index is 11.1. The van der Waals surface area contributed by atoms with Gasteiger partial charge < -0.3 is 15.4 Å². The highest BCUT2D eigenvalue weighted by Crippen LogP contribution is 2.30. The van der Waals surface area contributed by atoms with Crippen LogP contribution in [0.1, 0.15) is 19.5 Å². The predicted molar refractivity (Wildman–Crippen MR) is 102 cm³/mol. The van der Waals surface area contributed by atoms with E-state index < -0.39 is 0 Å². The molecule has 0 bridgehead atoms. The van der Waals surface area contributed by atoms with Gasteiger partial charge in [0.15, 0.2) is 0 Å². The first-order chi connectivity index (χ1) is 12.0. The molecular formula is C20H21N3O2. The number of carbonyl (C=O) groups is 1. The minimum Gasteiger partial charge on any atom is -0.494 e. The highest BCUT2D eigenvalue weighted by Gasteiger charge is 2.07. The summed E-state index contributed by atoms with van der Waals surface area (Å²) in [6, 6.07) is 15.5. The van der Waals surface area contributed by atoms with Gasteiger partial charge in [0.2, 0.25) is 5.91 Å². The van der Waals surface area contributed by atoms with Gasteiger partial charge >= 0.3 is 0 Å². The first kappa shape index (κ1) is 16.8. The molecule has 1 amide bonds. The lowest BCUT2D eigenvalue weighted by Crippen LogP contribution is -2.05. The molecular weight excluding hydrogens is 314 g/mol. The molecule has 1 heterocycles. The summed E-state index contributed by atoms with van der Waals surface area (Å²) in [6.07, 6.45) is 0. The SMILES string of the molecule is CCOc1ccc2nc(C)cc(Nc3ccc(NC(C)=O)cc3)c2c1. The number of anilines is 3. The van der Waals surface area contributed by atoms with Crippen molar-refractivity contribution in [3.63, 3.8) is 0 Å². The molecule has 0 saturated heterocycles. The number of fused-ring (bicyclic) bond motifs is 1. The van der Waals surface area contributed by atoms with Crippen LogP contribution < -0.4 is 15.4 Å². The molecule has 0 aliphatic rings. The smallest absolute Gasteiger partial charge is 0.221 e. The zero-order chi connectivity index (χ0) is 17.8. The van der Waals surface area contributed by atoms with E-state index in [-0.39, 0.29) is 5.91 Å². The van der Waals surface area contributed by atoms with Crippen molar-refractivity contribution in [1.29, 1.82) is 0 Å². The van der Waals surface area contributed by atoms with E-state index in [4.69, 9.17) is 4.74 Å². The predicted octanol–water partition coefficient (Wildman–Crippen LogP) is 4.64. The lowest BCUT2D eigenvalue weighted by atomic mass is 10.1. The molecule has 3 aromatic rings. The maximum Gasteiger partial charge on any atom is 0.221 e. The fourth-order valence-corrected chi connectivity index (χ4v) is 2.69. The molecule has 5 nitrogen and oxygen atoms in total. The van der Waals surface area contributed by atoms with E-state index in [0.717, 1.165) is 39.4 Å². The van der Waals surface area contributed by atoms with Crippen LogP contribution in [0.4, 0.5) is 17.1 Å². The average Bonchev–Trinajstić information content (AvgIpc) is 2.57. The van der Waals surface area contributed by atoms with Crippen molar-refractivity contribution < 1.29 is 9.53 Å². The molecule has 0 aliphatic carbocycles. The summed E-state index contributed by atoms with van der Waals surface area (Å²) in [5, 5.41) is 7.19. The summed E-state index contributed by atoms with van der Waals surface area (Å²) in [4.78, 5) is 15.7. The largest absolute Gasteiger partial charge is 0.494 e. The lowest BCUT2D eigenvalue weighted by Gasteiger charge is -2.13. The van der Waals surface area contributed by atoms with Crippen LogP contribution in [0.25, 0.3) is 10.9 Å². The third-order valence-electron chi connectivity index (χ3n) is 3.70. The van der Waals surface area contributed by atoms with Crippen LogP contribution in [0.15, 0.2) is 48.5 Å². The fourth-order valence-electron chi connectivity index (χ4n) is 2.69. The summed E-state index contributed by atoms with van der Waals surface area (Å²) in [6.45, 7) is 6.06. The Morgan fingerprint density at radius 2 is 1.80 bits per heavy atom. The molecule has 0 radical (unpaired) electrons. The van der Waals surface area contributed by atoms with Gasteiger partial charge in [-0.1, -0.05) is 0 Å². The van der Waals surface area contributed by atoms with Crippen molar-refractivity contribution in [1.82, 2.24) is 4.98 Å². The van der Waals surface area contributed by atoms with Gasteiger partial charge in [-0.2, -0.15) is 0 Å². The molecule has 0 spiro atoms. The average molecular weight is 335 g/mol. The van der Waals surface area contributed by atoms with Gasteiger partial charge in [-0.25, -0.2) is 0 Å². The Kier molecular flexibility index (Phi) is 4.84. The number of benzene rings is 2. The maximum atomic E-state index is 11.1. The van der Waals surface area contributed by atoms with Crippen LogP contribution in [0, 0.1) is 6.92 Å². The first-order valence-electron chi connectivity index (χ1n) is 8.24. The number of carbonyl (C=O) groups excluding carboxylic acids is 1. The van der Waals surface area contributed by atoms with E-state index >= 15 is 0 Å². The molecule has 128 valence electrons. The molecule has 0 saturated carbocycles. The van der Waals surface area contributed by atoms with E-state index in [0.29, 0.717) is 6.61 Å². The molecule has 5 heteroatoms. The molecule has 3 rings (SSSR count). The van der Waals surface area contributed by atoms with Gasteiger partial charge in [-0.3, -0.25) is 9.78 Å². The van der Waals surface area contributed by atoms with Crippen LogP contribution in [0.3, 0.4) is 0 Å². The monoisotopic (exact) mass is 335 g/mol. The molecule has 2 aromatic carbocycles. The Morgan fingerprint density at radius 3 is 2.48 bits per heavy atom. The minimum atomic E-state index is -0.0834. The van der Waals surface area contributed by atoms with Crippen LogP contribution in [0.5, 0.6) is 5.75 Å². The number of hydrogen-bond donors (Lipinski definition) is 2. The van der Waals surface area contributed by atoms with Crippen LogP contribution in [-0.2, 0) is 4.79 Å². The van der Waals surface area contributed by atoms with Crippen LogP contribution in [0.2, 0.25) is 0 Å². The number of amides is 1. The Morgan fingerprint density at radius 1 is 1.08 bits per heavy atom. The summed E-state index contributed by atoms with van der Waals surface area (Å²) in [7, 11) is 0. The number of rotatable bonds is 5. The highest BCUT2D eigenvalue weighted by atomic mass is 16.5. The summed E-state index contributed by atoms with van der Waals surface area (Å²) < 4.78 is 5.61. The number of aromatic nitrogens is 1. The molecule has 0 unspecified atom stereocenters. The lowest BCUT2D eigenvalue weighted by molar-refractivity contribution is -0.114. The van der Waals surface area contributed by atoms with Gasteiger partial charge in [0.05, 0.1) is 12.1 Å². The number of hydrogen-bond acceptors (Lipinski definition) is 4. The minimum absolute atomic E-state index is 0.0834. The Hall–Kier alpha value is -3.08. The van der Waals surface area contributed by atoms with Gasteiger partial charge in [0.1, 0.15) is 5.75 Å². The van der Waals surface area contributed by atoms with Gasteiger partial charge in [-0.05, 0) is 62.4 Å². The topological polar surface area (TPSA) is 63.2 Å². The van der Waals surface area contributed by atoms with Gasteiger partial charge in [-0.15, -0.1) is 0 Å². The Balaban J connectivity index is 1.94. The number of pyridine rings is 1. The van der Waals surface area contributed by atoms with Crippen LogP contribution in [-0.4, -0.2) is 17.5 Å². The normalized spacial score (nSPS) is 10.5. The highest BCUT2D eigenvalue weighted by molar-refractivity contribution is 5.94. The molecule has 2 N–H and O–H groups in total. The molecule has 1 aromatic heterocycles. The van der Waals surface area contributed by atoms with E-state index in [1.807, 2.05) is 62.4 Å². The zero-order valence-electron chi connectivity index (χ0n) is 14.6. The number of aryl methyl sites for hydroxylation is 1. The third kappa shape index (κ3) is 4.07. The van der Waals surface area contributed by atoms with E-state index in [9.17, 15) is 4.79 Å². The van der Waals surface area contributed by atoms with Crippen molar-refractivity contribution in [2.24, 2.45) is 0 Å². The van der Waals surface area contributed by atoms with Crippen molar-refractivity contribution in [3.05, 3.63) is 54.2 Å². The van der Waals surface area contributed by atoms with Gasteiger partial charge in [0, 0.05) is 35.1 Å². The van der Waals surface area contributed by atoms with Crippen molar-refractivity contribution in [2.75, 3.05) is 17.2 Å². The third-order valence-corrected chi connectivity index (χ3v) is 3.70. The molecule has 0 fully saturated rings. The second-order valence-corrected chi connectivity index (χ2v) is 5.81. The number of nitrogens with one attached hydrogen (secondary N) is 2. The van der Waals surface area contributed by atoms with E-state index in [1.165, 1.54) is 6.92 Å². The standard InChI is InChI=1S/C20H21N3O2/c1-4-25-17-9-10-19-18(12-17)20(11-13(2)21-19)23-16-7-5-15(6-8-16)22-14(3)24/h5-12H,4H2,1-3H3,(H,21,23)(H,22,24). The van der Waals surface area contributed by atoms with Crippen molar-refractivity contribution in [2.45, 2.75) is 20.8 Å². The van der Waals surface area contributed by atoms with Crippen molar-refractivity contribution in [3.8, 4) is 5.75 Å². The Labute approximate surface area is 147 Å². The zero-order valence-corrected chi connectivity index (χ0v) is 14.6. The van der Waals surface area contributed by atoms with E-state index in [1.54, 1.807) is 0 Å². The summed E-state index contributed by atoms with van der Waals surface area (Å²) in [5.41, 5.74) is 4.53. The van der Waals surface area contributed by atoms with Gasteiger partial charge in [0.25, 0.3) is 0 Å². The van der Waals surface area contributed by atoms with Crippen LogP contribution >= 0.6 is 0 Å². The summed E-state index contributed by atoms with van der Waals surface area (Å²) >= 11 is 0. The molecule has 25 heavy (non-hydrogen) atoms. The second kappa shape index (κ2) is 7.21. The van der Waals surface area contributed by atoms with E-state index in [2.05, 4.69) is 15.6 Å². The molecule has 0 atom stereocenters. The summed E-state index contributed by atoms with van der Waals surface area (Å²) in [5.74, 6) is 0.740. The number of nitrogens with zero attached hydrogens (tertiary/aromatic N) is 1. The first-order valence-corrected chi connectivity index (χ1v) is 8.24. The quantitative estimate of drug-likeness (QED) is 0.713.